The summed E-state index contributed by atoms with van der Waals surface area (Å²) >= 11 is 0. The Morgan fingerprint density at radius 1 is 1.00 bits per heavy atom. The molecule has 0 N–H and O–H groups in total. The van der Waals surface area contributed by atoms with Gasteiger partial charge >= 0.3 is 0 Å². The minimum atomic E-state index is 0. The first-order valence-corrected chi connectivity index (χ1v) is 4.28. The van der Waals surface area contributed by atoms with Gasteiger partial charge in [0.25, 0.3) is 0 Å². The lowest BCUT2D eigenvalue weighted by atomic mass is 10.2. The molecule has 2 rings (SSSR count). The number of hydrogen-bond acceptors (Lipinski definition) is 1. The van der Waals surface area contributed by atoms with Gasteiger partial charge in [-0.1, -0.05) is 30.3 Å². The van der Waals surface area contributed by atoms with Crippen molar-refractivity contribution in [3.8, 4) is 0 Å². The van der Waals surface area contributed by atoms with Crippen LogP contribution in [0.4, 0.5) is 0 Å². The molecule has 0 aliphatic heterocycles. The van der Waals surface area contributed by atoms with Gasteiger partial charge in [-0.15, -0.1) is 0 Å². The normalized spacial score (nSPS) is 9.14. The van der Waals surface area contributed by atoms with E-state index in [-0.39, 0.29) is 12.4 Å². The number of hydrogen-bond donors (Lipinski definition) is 0. The number of halogens is 1. The minimum absolute atomic E-state index is 0. The highest BCUT2D eigenvalue weighted by Gasteiger charge is 1.98. The highest BCUT2D eigenvalue weighted by molar-refractivity contribution is 5.13. The number of aromatic nitrogens is 2. The van der Waals surface area contributed by atoms with Crippen molar-refractivity contribution < 1.29 is 17.0 Å². The lowest BCUT2D eigenvalue weighted by molar-refractivity contribution is -0.688. The predicted molar refractivity (Wildman–Crippen MR) is 50.0 cm³/mol. The summed E-state index contributed by atoms with van der Waals surface area (Å²) in [5.74, 6) is 0. The fourth-order valence-corrected chi connectivity index (χ4v) is 1.25. The molecular weight excluding hydrogens is 196 g/mol. The molecule has 14 heavy (non-hydrogen) atoms. The van der Waals surface area contributed by atoms with Crippen LogP contribution in [0, 0.1) is 0 Å². The fraction of sp³-hybridized carbons (Fsp3) is 0.0909. The van der Waals surface area contributed by atoms with E-state index in [4.69, 9.17) is 0 Å². The van der Waals surface area contributed by atoms with Gasteiger partial charge in [-0.25, -0.2) is 0 Å². The molecule has 3 heteroatoms. The zero-order chi connectivity index (χ0) is 8.93. The van der Waals surface area contributed by atoms with Crippen LogP contribution in [0.1, 0.15) is 5.56 Å². The first kappa shape index (κ1) is 10.7. The number of nitrogens with zero attached hydrogens (tertiary/aromatic N) is 2. The Labute approximate surface area is 89.7 Å². The molecule has 0 unspecified atom stereocenters. The first-order chi connectivity index (χ1) is 6.45. The molecule has 0 saturated carbocycles. The third kappa shape index (κ3) is 2.82. The van der Waals surface area contributed by atoms with Crippen LogP contribution in [0.15, 0.2) is 55.1 Å². The topological polar surface area (TPSA) is 16.8 Å². The molecule has 1 heterocycles. The Morgan fingerprint density at radius 3 is 2.29 bits per heavy atom. The highest BCUT2D eigenvalue weighted by atomic mass is 35.5. The Hall–Kier alpha value is -1.41. The van der Waals surface area contributed by atoms with Crippen LogP contribution >= 0.6 is 0 Å². The van der Waals surface area contributed by atoms with Crippen LogP contribution in [0.3, 0.4) is 0 Å². The van der Waals surface area contributed by atoms with Crippen LogP contribution < -0.4 is 17.0 Å². The zero-order valence-electron chi connectivity index (χ0n) is 7.68. The standard InChI is InChI=1S/C11H11N2.ClH/c1-2-4-11(5-3-1)10-13-8-6-12-7-9-13;/h1-9H,10H2;1H/q+1;/p-1. The quantitative estimate of drug-likeness (QED) is 0.543. The smallest absolute Gasteiger partial charge is 0.187 e. The van der Waals surface area contributed by atoms with Gasteiger partial charge in [0, 0.05) is 5.56 Å². The number of rotatable bonds is 2. The molecule has 0 aliphatic rings. The Morgan fingerprint density at radius 2 is 1.64 bits per heavy atom. The molecule has 0 bridgehead atoms. The van der Waals surface area contributed by atoms with Gasteiger partial charge in [0.05, 0.1) is 12.4 Å². The highest BCUT2D eigenvalue weighted by Crippen LogP contribution is 1.96. The Kier molecular flexibility index (Phi) is 4.08. The van der Waals surface area contributed by atoms with Crippen LogP contribution in [0.5, 0.6) is 0 Å². The third-order valence-electron chi connectivity index (χ3n) is 1.90. The summed E-state index contributed by atoms with van der Waals surface area (Å²) in [5.41, 5.74) is 1.30. The largest absolute Gasteiger partial charge is 1.00 e. The maximum atomic E-state index is 3.97. The van der Waals surface area contributed by atoms with Gasteiger partial charge in [0.2, 0.25) is 0 Å². The zero-order valence-corrected chi connectivity index (χ0v) is 8.43. The van der Waals surface area contributed by atoms with Crippen molar-refractivity contribution >= 4 is 0 Å². The predicted octanol–water partition coefficient (Wildman–Crippen LogP) is -1.58. The molecular formula is C11H11ClN2. The molecule has 2 aromatic rings. The minimum Gasteiger partial charge on any atom is -1.00 e. The van der Waals surface area contributed by atoms with Crippen molar-refractivity contribution in [1.82, 2.24) is 4.98 Å². The maximum absolute atomic E-state index is 3.97. The lowest BCUT2D eigenvalue weighted by Crippen LogP contribution is -3.00. The van der Waals surface area contributed by atoms with Crippen molar-refractivity contribution in [1.29, 1.82) is 0 Å². The second-order valence-electron chi connectivity index (χ2n) is 2.90. The van der Waals surface area contributed by atoms with E-state index < -0.39 is 0 Å². The molecule has 1 aromatic heterocycles. The molecule has 2 nitrogen and oxygen atoms in total. The van der Waals surface area contributed by atoms with E-state index >= 15 is 0 Å². The van der Waals surface area contributed by atoms with E-state index in [0.29, 0.717) is 0 Å². The summed E-state index contributed by atoms with van der Waals surface area (Å²) in [7, 11) is 0. The van der Waals surface area contributed by atoms with Gasteiger partial charge in [-0.05, 0) is 0 Å². The second kappa shape index (κ2) is 5.35. The van der Waals surface area contributed by atoms with Crippen molar-refractivity contribution in [2.24, 2.45) is 0 Å². The van der Waals surface area contributed by atoms with E-state index in [2.05, 4.69) is 33.8 Å². The molecule has 0 aliphatic carbocycles. The van der Waals surface area contributed by atoms with E-state index in [1.807, 2.05) is 18.5 Å². The SMILES string of the molecule is [Cl-].c1ccc(C[n+]2ccncc2)cc1. The summed E-state index contributed by atoms with van der Waals surface area (Å²) in [6.07, 6.45) is 7.52. The number of benzene rings is 1. The fourth-order valence-electron chi connectivity index (χ4n) is 1.25. The molecule has 0 amide bonds. The third-order valence-corrected chi connectivity index (χ3v) is 1.90. The van der Waals surface area contributed by atoms with Gasteiger partial charge in [0.1, 0.15) is 0 Å². The van der Waals surface area contributed by atoms with Crippen LogP contribution in [-0.2, 0) is 6.54 Å². The molecule has 1 aromatic carbocycles. The van der Waals surface area contributed by atoms with E-state index in [1.54, 1.807) is 12.4 Å². The van der Waals surface area contributed by atoms with Crippen molar-refractivity contribution in [3.05, 3.63) is 60.7 Å². The van der Waals surface area contributed by atoms with E-state index in [9.17, 15) is 0 Å². The summed E-state index contributed by atoms with van der Waals surface area (Å²) in [6, 6.07) is 10.4. The average molecular weight is 207 g/mol. The van der Waals surface area contributed by atoms with Gasteiger partial charge in [-0.3, -0.25) is 4.98 Å². The van der Waals surface area contributed by atoms with E-state index in [0.717, 1.165) is 6.54 Å². The summed E-state index contributed by atoms with van der Waals surface area (Å²) in [5, 5.41) is 0. The first-order valence-electron chi connectivity index (χ1n) is 4.28. The van der Waals surface area contributed by atoms with Crippen LogP contribution in [0.25, 0.3) is 0 Å². The van der Waals surface area contributed by atoms with Crippen molar-refractivity contribution in [2.75, 3.05) is 0 Å². The molecule has 72 valence electrons. The van der Waals surface area contributed by atoms with E-state index in [1.165, 1.54) is 5.56 Å². The molecule has 0 saturated heterocycles. The molecule has 0 fully saturated rings. The van der Waals surface area contributed by atoms with Crippen LogP contribution in [-0.4, -0.2) is 4.98 Å². The monoisotopic (exact) mass is 206 g/mol. The molecule has 0 spiro atoms. The molecule has 0 radical (unpaired) electrons. The van der Waals surface area contributed by atoms with Crippen molar-refractivity contribution in [3.63, 3.8) is 0 Å². The average Bonchev–Trinajstić information content (AvgIpc) is 2.21. The van der Waals surface area contributed by atoms with Crippen molar-refractivity contribution in [2.45, 2.75) is 6.54 Å². The Bertz CT molecular complexity index is 324. The Balaban J connectivity index is 0.000000980. The lowest BCUT2D eigenvalue weighted by Gasteiger charge is -1.95. The second-order valence-corrected chi connectivity index (χ2v) is 2.90. The van der Waals surface area contributed by atoms with Gasteiger partial charge in [0.15, 0.2) is 18.9 Å². The van der Waals surface area contributed by atoms with Crippen LogP contribution in [0.2, 0.25) is 0 Å². The summed E-state index contributed by atoms with van der Waals surface area (Å²) in [4.78, 5) is 3.97. The summed E-state index contributed by atoms with van der Waals surface area (Å²) < 4.78 is 2.10. The molecule has 0 atom stereocenters. The maximum Gasteiger partial charge on any atom is 0.187 e. The van der Waals surface area contributed by atoms with Gasteiger partial charge < -0.3 is 12.4 Å². The van der Waals surface area contributed by atoms with Gasteiger partial charge in [-0.2, -0.15) is 4.57 Å². The summed E-state index contributed by atoms with van der Waals surface area (Å²) in [6.45, 7) is 0.906.